The van der Waals surface area contributed by atoms with Crippen LogP contribution in [-0.2, 0) is 17.4 Å². The molecule has 0 aliphatic carbocycles. The number of likely N-dealkylation sites (tertiary alicyclic amines) is 1. The van der Waals surface area contributed by atoms with Crippen molar-refractivity contribution in [3.8, 4) is 22.1 Å². The average molecular weight is 477 g/mol. The molecular weight excluding hydrogens is 452 g/mol. The van der Waals surface area contributed by atoms with E-state index in [-0.39, 0.29) is 11.9 Å². The molecule has 0 bridgehead atoms. The maximum atomic E-state index is 12.5. The SMILES string of the molecule is C[C@@H](Nc1nccc(-c2nc(-c3cc([C@]4(O)CCN(C)C4=O)ccn3)cs2)n1)c1ccn(C)n1. The number of carbonyl (C=O) groups is 1. The molecule has 174 valence electrons. The Morgan fingerprint density at radius 3 is 2.68 bits per heavy atom. The highest BCUT2D eigenvalue weighted by Crippen LogP contribution is 2.35. The highest BCUT2D eigenvalue weighted by atomic mass is 32.1. The summed E-state index contributed by atoms with van der Waals surface area (Å²) in [6, 6.07) is 7.11. The van der Waals surface area contributed by atoms with Gasteiger partial charge in [-0.15, -0.1) is 11.3 Å². The Hall–Kier alpha value is -3.70. The van der Waals surface area contributed by atoms with Gasteiger partial charge in [0.05, 0.1) is 17.4 Å². The molecule has 0 spiro atoms. The number of aryl methyl sites for hydroxylation is 1. The number of amides is 1. The second kappa shape index (κ2) is 8.58. The monoisotopic (exact) mass is 476 g/mol. The van der Waals surface area contributed by atoms with E-state index in [1.807, 2.05) is 31.6 Å². The standard InChI is InChI=1S/C23H24N8O2S/c1-14(16-6-10-31(3)29-16)26-22-25-9-5-17(28-22)20-27-19(13-34-20)18-12-15(4-8-24-18)23(33)7-11-30(2)21(23)32/h4-6,8-10,12-14,33H,7,11H2,1-3H3,(H,25,26,28)/t14-,23-/m1/s1. The van der Waals surface area contributed by atoms with E-state index >= 15 is 0 Å². The van der Waals surface area contributed by atoms with Crippen LogP contribution in [0.15, 0.2) is 48.2 Å². The molecule has 4 aromatic heterocycles. The van der Waals surface area contributed by atoms with Crippen molar-refractivity contribution in [2.75, 3.05) is 18.9 Å². The van der Waals surface area contributed by atoms with Gasteiger partial charge in [0.25, 0.3) is 5.91 Å². The van der Waals surface area contributed by atoms with E-state index in [4.69, 9.17) is 4.98 Å². The summed E-state index contributed by atoms with van der Waals surface area (Å²) in [6.07, 6.45) is 5.53. The fourth-order valence-corrected chi connectivity index (χ4v) is 4.72. The molecule has 10 nitrogen and oxygen atoms in total. The lowest BCUT2D eigenvalue weighted by molar-refractivity contribution is -0.143. The van der Waals surface area contributed by atoms with Gasteiger partial charge in [-0.25, -0.2) is 15.0 Å². The first kappa shape index (κ1) is 22.1. The van der Waals surface area contributed by atoms with Crippen molar-refractivity contribution >= 4 is 23.2 Å². The number of pyridine rings is 1. The molecule has 1 fully saturated rings. The number of aromatic nitrogens is 6. The number of hydrogen-bond donors (Lipinski definition) is 2. The van der Waals surface area contributed by atoms with E-state index < -0.39 is 5.60 Å². The fourth-order valence-electron chi connectivity index (χ4n) is 3.94. The zero-order chi connectivity index (χ0) is 23.9. The Labute approximate surface area is 200 Å². The second-order valence-electron chi connectivity index (χ2n) is 8.35. The summed E-state index contributed by atoms with van der Waals surface area (Å²) in [4.78, 5) is 32.1. The third kappa shape index (κ3) is 4.03. The van der Waals surface area contributed by atoms with Gasteiger partial charge in [0.1, 0.15) is 16.4 Å². The predicted octanol–water partition coefficient (Wildman–Crippen LogP) is 2.62. The lowest BCUT2D eigenvalue weighted by Gasteiger charge is -2.21. The Morgan fingerprint density at radius 2 is 1.94 bits per heavy atom. The van der Waals surface area contributed by atoms with Crippen LogP contribution in [0.25, 0.3) is 22.1 Å². The minimum Gasteiger partial charge on any atom is -0.375 e. The molecule has 2 N–H and O–H groups in total. The van der Waals surface area contributed by atoms with Crippen LogP contribution in [0.3, 0.4) is 0 Å². The normalized spacial score (nSPS) is 18.9. The van der Waals surface area contributed by atoms with Crippen LogP contribution in [0.2, 0.25) is 0 Å². The summed E-state index contributed by atoms with van der Waals surface area (Å²) in [6.45, 7) is 2.51. The van der Waals surface area contributed by atoms with Crippen LogP contribution in [0.1, 0.15) is 30.6 Å². The van der Waals surface area contributed by atoms with Gasteiger partial charge in [0, 0.05) is 51.0 Å². The number of rotatable bonds is 6. The van der Waals surface area contributed by atoms with Gasteiger partial charge in [-0.3, -0.25) is 14.5 Å². The lowest BCUT2D eigenvalue weighted by Crippen LogP contribution is -2.36. The molecule has 0 unspecified atom stereocenters. The smallest absolute Gasteiger partial charge is 0.258 e. The van der Waals surface area contributed by atoms with Crippen molar-refractivity contribution < 1.29 is 9.90 Å². The summed E-state index contributed by atoms with van der Waals surface area (Å²) >= 11 is 1.44. The summed E-state index contributed by atoms with van der Waals surface area (Å²) < 4.78 is 1.75. The molecule has 1 amide bonds. The van der Waals surface area contributed by atoms with Crippen LogP contribution < -0.4 is 5.32 Å². The Balaban J connectivity index is 1.38. The number of thiazole rings is 1. The summed E-state index contributed by atoms with van der Waals surface area (Å²) in [7, 11) is 3.57. The van der Waals surface area contributed by atoms with Crippen molar-refractivity contribution in [1.29, 1.82) is 0 Å². The highest BCUT2D eigenvalue weighted by molar-refractivity contribution is 7.13. The first-order chi connectivity index (χ1) is 16.3. The summed E-state index contributed by atoms with van der Waals surface area (Å²) in [5, 5.41) is 21.3. The van der Waals surface area contributed by atoms with Crippen molar-refractivity contribution in [2.45, 2.75) is 25.0 Å². The second-order valence-corrected chi connectivity index (χ2v) is 9.21. The zero-order valence-corrected chi connectivity index (χ0v) is 19.8. The quantitative estimate of drug-likeness (QED) is 0.436. The number of likely N-dealkylation sites (N-methyl/N-ethyl adjacent to an activating group) is 1. The van der Waals surface area contributed by atoms with Crippen molar-refractivity contribution in [3.63, 3.8) is 0 Å². The Kier molecular flexibility index (Phi) is 5.58. The number of aliphatic hydroxyl groups is 1. The van der Waals surface area contributed by atoms with Crippen LogP contribution in [0.4, 0.5) is 5.95 Å². The maximum absolute atomic E-state index is 12.5. The van der Waals surface area contributed by atoms with Gasteiger partial charge in [-0.2, -0.15) is 5.10 Å². The van der Waals surface area contributed by atoms with Crippen LogP contribution in [0, 0.1) is 0 Å². The van der Waals surface area contributed by atoms with E-state index in [1.165, 1.54) is 16.2 Å². The van der Waals surface area contributed by atoms with Crippen LogP contribution in [-0.4, -0.2) is 59.2 Å². The van der Waals surface area contributed by atoms with Gasteiger partial charge >= 0.3 is 0 Å². The van der Waals surface area contributed by atoms with Crippen molar-refractivity contribution in [3.05, 3.63) is 59.5 Å². The van der Waals surface area contributed by atoms with E-state index in [0.29, 0.717) is 46.6 Å². The molecule has 5 rings (SSSR count). The van der Waals surface area contributed by atoms with Crippen LogP contribution in [0.5, 0.6) is 0 Å². The van der Waals surface area contributed by atoms with E-state index in [0.717, 1.165) is 5.69 Å². The number of anilines is 1. The fraction of sp³-hybridized carbons (Fsp3) is 0.304. The average Bonchev–Trinajstić information content (AvgIpc) is 3.57. The number of nitrogens with zero attached hydrogens (tertiary/aromatic N) is 7. The largest absolute Gasteiger partial charge is 0.375 e. The number of carbonyl (C=O) groups excluding carboxylic acids is 1. The predicted molar refractivity (Wildman–Crippen MR) is 128 cm³/mol. The third-order valence-electron chi connectivity index (χ3n) is 5.91. The van der Waals surface area contributed by atoms with Crippen molar-refractivity contribution in [2.24, 2.45) is 7.05 Å². The Bertz CT molecular complexity index is 1350. The first-order valence-electron chi connectivity index (χ1n) is 10.8. The topological polar surface area (TPSA) is 122 Å². The van der Waals surface area contributed by atoms with Gasteiger partial charge < -0.3 is 15.3 Å². The highest BCUT2D eigenvalue weighted by Gasteiger charge is 2.45. The molecule has 34 heavy (non-hydrogen) atoms. The number of nitrogens with one attached hydrogen (secondary N) is 1. The zero-order valence-electron chi connectivity index (χ0n) is 19.0. The molecular formula is C23H24N8O2S. The van der Waals surface area contributed by atoms with Gasteiger partial charge in [0.2, 0.25) is 5.95 Å². The molecule has 1 saturated heterocycles. The minimum atomic E-state index is -1.52. The molecule has 1 aliphatic rings. The van der Waals surface area contributed by atoms with E-state index in [2.05, 4.69) is 25.4 Å². The van der Waals surface area contributed by atoms with Gasteiger partial charge in [-0.05, 0) is 36.8 Å². The third-order valence-corrected chi connectivity index (χ3v) is 6.78. The first-order valence-corrected chi connectivity index (χ1v) is 11.7. The van der Waals surface area contributed by atoms with Crippen molar-refractivity contribution in [1.82, 2.24) is 34.6 Å². The molecule has 5 heterocycles. The number of hydrogen-bond acceptors (Lipinski definition) is 9. The van der Waals surface area contributed by atoms with Gasteiger partial charge in [0.15, 0.2) is 5.60 Å². The summed E-state index contributed by atoms with van der Waals surface area (Å²) in [5.41, 5.74) is 1.82. The molecule has 0 radical (unpaired) electrons. The molecule has 2 atom stereocenters. The molecule has 11 heteroatoms. The summed E-state index contributed by atoms with van der Waals surface area (Å²) in [5.74, 6) is 0.183. The molecule has 0 aromatic carbocycles. The van der Waals surface area contributed by atoms with E-state index in [9.17, 15) is 9.90 Å². The molecule has 4 aromatic rings. The molecule has 0 saturated carbocycles. The Morgan fingerprint density at radius 1 is 1.12 bits per heavy atom. The van der Waals surface area contributed by atoms with Crippen LogP contribution >= 0.6 is 11.3 Å². The lowest BCUT2D eigenvalue weighted by atomic mass is 9.92. The van der Waals surface area contributed by atoms with Gasteiger partial charge in [-0.1, -0.05) is 0 Å². The maximum Gasteiger partial charge on any atom is 0.258 e. The minimum absolute atomic E-state index is 0.0570. The van der Waals surface area contributed by atoms with E-state index in [1.54, 1.807) is 42.3 Å². The molecule has 1 aliphatic heterocycles.